The Bertz CT molecular complexity index is 2140. The van der Waals surface area contributed by atoms with E-state index in [2.05, 4.69) is 38.0 Å². The lowest BCUT2D eigenvalue weighted by molar-refractivity contribution is -0.384. The van der Waals surface area contributed by atoms with Gasteiger partial charge in [-0.05, 0) is 90.5 Å². The van der Waals surface area contributed by atoms with Crippen LogP contribution in [0.3, 0.4) is 0 Å². The first-order valence-electron chi connectivity index (χ1n) is 16.6. The Morgan fingerprint density at radius 1 is 0.942 bits per heavy atom. The van der Waals surface area contributed by atoms with Crippen LogP contribution in [0.5, 0.6) is 0 Å². The van der Waals surface area contributed by atoms with E-state index in [-0.39, 0.29) is 16.1 Å². The standard InChI is InChI=1S/C38H38ClN5O5S3/c1-38(2,26-51-36-8-5-23-50-36)40-34-18-17-32(24-35(34)44(46)47)52(48,49)41-37(45)28-11-15-31(16-12-28)43-21-19-42(20-22-43)25-29-6-3-4-7-33(29)27-9-13-30(39)14-10-27/h3-18,23-24,40H,19-22,25-26H2,1-2H3,(H,41,45). The van der Waals surface area contributed by atoms with E-state index >= 15 is 0 Å². The molecule has 4 aromatic carbocycles. The van der Waals surface area contributed by atoms with Crippen molar-refractivity contribution in [1.82, 2.24) is 9.62 Å². The average molecular weight is 776 g/mol. The molecule has 1 saturated heterocycles. The molecular weight excluding hydrogens is 738 g/mol. The zero-order valence-corrected chi connectivity index (χ0v) is 31.8. The average Bonchev–Trinajstić information content (AvgIpc) is 3.66. The van der Waals surface area contributed by atoms with Crippen LogP contribution < -0.4 is 14.9 Å². The number of anilines is 2. The van der Waals surface area contributed by atoms with Crippen molar-refractivity contribution in [3.63, 3.8) is 0 Å². The van der Waals surface area contributed by atoms with E-state index in [4.69, 9.17) is 11.6 Å². The van der Waals surface area contributed by atoms with Gasteiger partial charge in [-0.15, -0.1) is 23.1 Å². The molecule has 270 valence electrons. The number of carbonyl (C=O) groups is 1. The summed E-state index contributed by atoms with van der Waals surface area (Å²) in [6.07, 6.45) is 0. The summed E-state index contributed by atoms with van der Waals surface area (Å²) in [5, 5.41) is 17.9. The number of hydrogen-bond acceptors (Lipinski definition) is 10. The maximum atomic E-state index is 13.2. The summed E-state index contributed by atoms with van der Waals surface area (Å²) < 4.78 is 29.6. The Morgan fingerprint density at radius 3 is 2.33 bits per heavy atom. The van der Waals surface area contributed by atoms with Gasteiger partial charge in [0.05, 0.1) is 14.0 Å². The van der Waals surface area contributed by atoms with Crippen molar-refractivity contribution in [2.75, 3.05) is 42.1 Å². The number of rotatable bonds is 13. The molecule has 2 N–H and O–H groups in total. The van der Waals surface area contributed by atoms with Gasteiger partial charge in [-0.2, -0.15) is 0 Å². The molecule has 10 nitrogen and oxygen atoms in total. The molecule has 6 rings (SSSR count). The van der Waals surface area contributed by atoms with Gasteiger partial charge in [0.25, 0.3) is 21.6 Å². The topological polar surface area (TPSA) is 125 Å². The summed E-state index contributed by atoms with van der Waals surface area (Å²) in [5.41, 5.74) is 3.88. The summed E-state index contributed by atoms with van der Waals surface area (Å²) in [5.74, 6) is -0.205. The molecule has 0 bridgehead atoms. The van der Waals surface area contributed by atoms with E-state index < -0.39 is 32.1 Å². The summed E-state index contributed by atoms with van der Waals surface area (Å²) in [6, 6.07) is 30.6. The summed E-state index contributed by atoms with van der Waals surface area (Å²) in [7, 11) is -4.41. The number of halogens is 1. The number of piperazine rings is 1. The van der Waals surface area contributed by atoms with Crippen molar-refractivity contribution < 1.29 is 18.1 Å². The van der Waals surface area contributed by atoms with E-state index in [1.54, 1.807) is 47.4 Å². The van der Waals surface area contributed by atoms with E-state index in [0.717, 1.165) is 54.3 Å². The van der Waals surface area contributed by atoms with Crippen LogP contribution in [-0.2, 0) is 16.6 Å². The number of nitro groups is 1. The number of thiophene rings is 1. The van der Waals surface area contributed by atoms with E-state index in [0.29, 0.717) is 10.8 Å². The van der Waals surface area contributed by atoms with Gasteiger partial charge in [0.15, 0.2) is 0 Å². The minimum Gasteiger partial charge on any atom is -0.374 e. The van der Waals surface area contributed by atoms with Crippen LogP contribution in [0, 0.1) is 10.1 Å². The Hall–Kier alpha value is -4.40. The number of benzene rings is 4. The number of carbonyl (C=O) groups excluding carboxylic acids is 1. The third-order valence-electron chi connectivity index (χ3n) is 8.68. The Balaban J connectivity index is 1.05. The molecular formula is C38H38ClN5O5S3. The van der Waals surface area contributed by atoms with Crippen LogP contribution in [-0.4, -0.2) is 61.6 Å². The molecule has 1 aromatic heterocycles. The highest BCUT2D eigenvalue weighted by Crippen LogP contribution is 2.33. The largest absolute Gasteiger partial charge is 0.374 e. The van der Waals surface area contributed by atoms with Gasteiger partial charge in [-0.1, -0.05) is 54.1 Å². The van der Waals surface area contributed by atoms with Gasteiger partial charge in [-0.25, -0.2) is 13.1 Å². The van der Waals surface area contributed by atoms with Crippen molar-refractivity contribution in [3.8, 4) is 11.1 Å². The molecule has 14 heteroatoms. The normalized spacial score (nSPS) is 13.9. The Morgan fingerprint density at radius 2 is 1.65 bits per heavy atom. The third kappa shape index (κ3) is 9.33. The van der Waals surface area contributed by atoms with Crippen LogP contribution in [0.25, 0.3) is 11.1 Å². The van der Waals surface area contributed by atoms with Gasteiger partial charge in [0.2, 0.25) is 0 Å². The number of nitro benzene ring substituents is 1. The second-order valence-electron chi connectivity index (χ2n) is 13.1. The highest BCUT2D eigenvalue weighted by molar-refractivity contribution is 8.01. The molecule has 0 radical (unpaired) electrons. The first-order valence-corrected chi connectivity index (χ1v) is 20.3. The van der Waals surface area contributed by atoms with Crippen LogP contribution in [0.1, 0.15) is 29.8 Å². The number of nitrogens with zero attached hydrogens (tertiary/aromatic N) is 3. The molecule has 2 heterocycles. The highest BCUT2D eigenvalue weighted by atomic mass is 35.5. The lowest BCUT2D eigenvalue weighted by Gasteiger charge is -2.36. The van der Waals surface area contributed by atoms with Crippen molar-refractivity contribution in [2.45, 2.75) is 35.0 Å². The summed E-state index contributed by atoms with van der Waals surface area (Å²) >= 11 is 9.34. The molecule has 0 atom stereocenters. The van der Waals surface area contributed by atoms with Crippen molar-refractivity contribution in [2.24, 2.45) is 0 Å². The molecule has 52 heavy (non-hydrogen) atoms. The fraction of sp³-hybridized carbons (Fsp3) is 0.237. The van der Waals surface area contributed by atoms with Crippen LogP contribution in [0.2, 0.25) is 5.02 Å². The first kappa shape index (κ1) is 37.4. The summed E-state index contributed by atoms with van der Waals surface area (Å²) in [4.78, 5) is 28.7. The number of hydrogen-bond donors (Lipinski definition) is 2. The molecule has 0 aliphatic carbocycles. The quantitative estimate of drug-likeness (QED) is 0.0689. The van der Waals surface area contributed by atoms with Gasteiger partial charge in [-0.3, -0.25) is 19.8 Å². The highest BCUT2D eigenvalue weighted by Gasteiger charge is 2.27. The van der Waals surface area contributed by atoms with E-state index in [9.17, 15) is 23.3 Å². The van der Waals surface area contributed by atoms with Gasteiger partial charge in [0, 0.05) is 66.4 Å². The fourth-order valence-electron chi connectivity index (χ4n) is 5.97. The van der Waals surface area contributed by atoms with Gasteiger partial charge >= 0.3 is 0 Å². The predicted octanol–water partition coefficient (Wildman–Crippen LogP) is 8.40. The first-order chi connectivity index (χ1) is 24.9. The second-order valence-corrected chi connectivity index (χ2v) is 17.4. The van der Waals surface area contributed by atoms with Crippen LogP contribution in [0.15, 0.2) is 118 Å². The molecule has 1 aliphatic heterocycles. The zero-order valence-electron chi connectivity index (χ0n) is 28.6. The van der Waals surface area contributed by atoms with E-state index in [1.165, 1.54) is 23.3 Å². The monoisotopic (exact) mass is 775 g/mol. The van der Waals surface area contributed by atoms with Crippen LogP contribution >= 0.6 is 34.7 Å². The zero-order chi connectivity index (χ0) is 36.9. The number of nitrogens with one attached hydrogen (secondary N) is 2. The molecule has 1 fully saturated rings. The minimum absolute atomic E-state index is 0.155. The SMILES string of the molecule is CC(C)(CSc1cccs1)Nc1ccc(S(=O)(=O)NC(=O)c2ccc(N3CCN(Cc4ccccc4-c4ccc(Cl)cc4)CC3)cc2)cc1[N+](=O)[O-]. The minimum atomic E-state index is -4.41. The smallest absolute Gasteiger partial charge is 0.293 e. The number of amides is 1. The third-order valence-corrected chi connectivity index (χ3v) is 12.9. The predicted molar refractivity (Wildman–Crippen MR) is 211 cm³/mol. The molecule has 0 saturated carbocycles. The lowest BCUT2D eigenvalue weighted by Crippen LogP contribution is -2.46. The number of sulfonamides is 1. The maximum absolute atomic E-state index is 13.2. The molecule has 0 unspecified atom stereocenters. The van der Waals surface area contributed by atoms with Crippen molar-refractivity contribution in [1.29, 1.82) is 0 Å². The molecule has 1 aliphatic rings. The Labute approximate surface area is 317 Å². The van der Waals surface area contributed by atoms with Crippen LogP contribution in [0.4, 0.5) is 17.1 Å². The molecule has 5 aromatic rings. The molecule has 0 spiro atoms. The van der Waals surface area contributed by atoms with Crippen molar-refractivity contribution >= 4 is 67.7 Å². The van der Waals surface area contributed by atoms with E-state index in [1.807, 2.05) is 61.7 Å². The van der Waals surface area contributed by atoms with Gasteiger partial charge < -0.3 is 10.2 Å². The maximum Gasteiger partial charge on any atom is 0.293 e. The second kappa shape index (κ2) is 16.1. The number of thioether (sulfide) groups is 1. The lowest BCUT2D eigenvalue weighted by atomic mass is 9.99. The fourth-order valence-corrected chi connectivity index (χ4v) is 8.90. The molecule has 1 amide bonds. The van der Waals surface area contributed by atoms with Gasteiger partial charge in [0.1, 0.15) is 5.69 Å². The Kier molecular flexibility index (Phi) is 11.6. The summed E-state index contributed by atoms with van der Waals surface area (Å²) in [6.45, 7) is 7.92. The van der Waals surface area contributed by atoms with Crippen molar-refractivity contribution in [3.05, 3.63) is 135 Å².